The van der Waals surface area contributed by atoms with Crippen molar-refractivity contribution in [2.24, 2.45) is 0 Å². The van der Waals surface area contributed by atoms with Crippen LogP contribution in [0.1, 0.15) is 41.3 Å². The van der Waals surface area contributed by atoms with E-state index in [4.69, 9.17) is 4.74 Å². The molecule has 114 valence electrons. The number of aromatic hydroxyl groups is 1. The second-order valence-electron chi connectivity index (χ2n) is 5.41. The maximum Gasteiger partial charge on any atom is 0.185 e. The van der Waals surface area contributed by atoms with Crippen molar-refractivity contribution in [3.05, 3.63) is 65.2 Å². The smallest absolute Gasteiger partial charge is 0.185 e. The number of allylic oxidation sites excluding steroid dienone is 1. The predicted molar refractivity (Wildman–Crippen MR) is 88.6 cm³/mol. The summed E-state index contributed by atoms with van der Waals surface area (Å²) in [6, 6.07) is 12.7. The van der Waals surface area contributed by atoms with Crippen LogP contribution in [0.4, 0.5) is 0 Å². The van der Waals surface area contributed by atoms with E-state index in [1.807, 2.05) is 12.1 Å². The van der Waals surface area contributed by atoms with E-state index in [-0.39, 0.29) is 11.5 Å². The van der Waals surface area contributed by atoms with Gasteiger partial charge in [0.15, 0.2) is 17.3 Å². The minimum Gasteiger partial charge on any atom is -0.504 e. The first-order chi connectivity index (χ1) is 10.5. The van der Waals surface area contributed by atoms with Gasteiger partial charge >= 0.3 is 0 Å². The summed E-state index contributed by atoms with van der Waals surface area (Å²) in [6.45, 7) is 4.29. The van der Waals surface area contributed by atoms with Gasteiger partial charge < -0.3 is 9.84 Å². The largest absolute Gasteiger partial charge is 0.504 e. The molecule has 0 atom stereocenters. The second kappa shape index (κ2) is 6.94. The van der Waals surface area contributed by atoms with E-state index in [2.05, 4.69) is 26.0 Å². The lowest BCUT2D eigenvalue weighted by Gasteiger charge is -2.05. The molecule has 22 heavy (non-hydrogen) atoms. The van der Waals surface area contributed by atoms with Gasteiger partial charge in [-0.3, -0.25) is 4.79 Å². The number of ketones is 1. The molecule has 0 saturated carbocycles. The number of hydrogen-bond donors (Lipinski definition) is 1. The zero-order valence-corrected chi connectivity index (χ0v) is 13.0. The van der Waals surface area contributed by atoms with E-state index in [0.717, 1.165) is 5.56 Å². The van der Waals surface area contributed by atoms with E-state index in [9.17, 15) is 9.90 Å². The highest BCUT2D eigenvalue weighted by molar-refractivity contribution is 6.07. The third-order valence-electron chi connectivity index (χ3n) is 3.49. The summed E-state index contributed by atoms with van der Waals surface area (Å²) in [5.74, 6) is 0.670. The van der Waals surface area contributed by atoms with Crippen LogP contribution in [0.15, 0.2) is 48.5 Å². The Kier molecular flexibility index (Phi) is 4.99. The van der Waals surface area contributed by atoms with Crippen molar-refractivity contribution in [3.63, 3.8) is 0 Å². The quantitative estimate of drug-likeness (QED) is 0.656. The number of carbonyl (C=O) groups is 1. The van der Waals surface area contributed by atoms with Crippen LogP contribution in [0.25, 0.3) is 6.08 Å². The van der Waals surface area contributed by atoms with Crippen LogP contribution < -0.4 is 4.74 Å². The number of benzene rings is 2. The van der Waals surface area contributed by atoms with Crippen molar-refractivity contribution in [1.29, 1.82) is 0 Å². The number of hydrogen-bond acceptors (Lipinski definition) is 3. The molecular formula is C19H20O3. The lowest BCUT2D eigenvalue weighted by atomic mass is 10.0. The minimum atomic E-state index is -0.133. The van der Waals surface area contributed by atoms with Crippen molar-refractivity contribution in [2.75, 3.05) is 7.11 Å². The maximum absolute atomic E-state index is 12.1. The molecule has 0 spiro atoms. The average molecular weight is 296 g/mol. The van der Waals surface area contributed by atoms with Crippen molar-refractivity contribution >= 4 is 11.9 Å². The van der Waals surface area contributed by atoms with Crippen LogP contribution in [0.3, 0.4) is 0 Å². The first-order valence-corrected chi connectivity index (χ1v) is 7.20. The molecule has 2 rings (SSSR count). The van der Waals surface area contributed by atoms with Gasteiger partial charge in [0.05, 0.1) is 7.11 Å². The standard InChI is InChI=1S/C19H20O3/c1-13(2)15-7-4-14(5-8-15)6-10-17(20)16-9-11-18(21)19(12-16)22-3/h4-13,21H,1-3H3/b10-6+. The molecule has 3 nitrogen and oxygen atoms in total. The SMILES string of the molecule is COc1cc(C(=O)/C=C/c2ccc(C(C)C)cc2)ccc1O. The second-order valence-corrected chi connectivity index (χ2v) is 5.41. The topological polar surface area (TPSA) is 46.5 Å². The number of methoxy groups -OCH3 is 1. The van der Waals surface area contributed by atoms with Gasteiger partial charge in [0.25, 0.3) is 0 Å². The van der Waals surface area contributed by atoms with Gasteiger partial charge in [0.1, 0.15) is 0 Å². The number of phenols is 1. The fourth-order valence-corrected chi connectivity index (χ4v) is 2.09. The molecule has 0 aromatic heterocycles. The van der Waals surface area contributed by atoms with Gasteiger partial charge in [-0.15, -0.1) is 0 Å². The summed E-state index contributed by atoms with van der Waals surface area (Å²) in [6.07, 6.45) is 3.31. The molecule has 0 radical (unpaired) electrons. The molecule has 3 heteroatoms. The van der Waals surface area contributed by atoms with Crippen LogP contribution in [-0.2, 0) is 0 Å². The zero-order chi connectivity index (χ0) is 16.1. The van der Waals surface area contributed by atoms with E-state index >= 15 is 0 Å². The van der Waals surface area contributed by atoms with Crippen molar-refractivity contribution < 1.29 is 14.6 Å². The van der Waals surface area contributed by atoms with Gasteiger partial charge in [-0.25, -0.2) is 0 Å². The zero-order valence-electron chi connectivity index (χ0n) is 13.0. The summed E-state index contributed by atoms with van der Waals surface area (Å²) in [5.41, 5.74) is 2.72. The Morgan fingerprint density at radius 2 is 1.82 bits per heavy atom. The highest BCUT2D eigenvalue weighted by atomic mass is 16.5. The van der Waals surface area contributed by atoms with Gasteiger partial charge in [0, 0.05) is 5.56 Å². The third kappa shape index (κ3) is 3.76. The lowest BCUT2D eigenvalue weighted by molar-refractivity contribution is 0.104. The molecule has 0 amide bonds. The summed E-state index contributed by atoms with van der Waals surface area (Å²) in [7, 11) is 1.45. The Morgan fingerprint density at radius 3 is 2.41 bits per heavy atom. The molecule has 0 aliphatic heterocycles. The Morgan fingerprint density at radius 1 is 1.14 bits per heavy atom. The van der Waals surface area contributed by atoms with Crippen molar-refractivity contribution in [2.45, 2.75) is 19.8 Å². The first-order valence-electron chi connectivity index (χ1n) is 7.20. The van der Waals surface area contributed by atoms with Crippen LogP contribution in [0, 0.1) is 0 Å². The summed E-state index contributed by atoms with van der Waals surface area (Å²) in [4.78, 5) is 12.1. The van der Waals surface area contributed by atoms with E-state index in [1.165, 1.54) is 30.9 Å². The third-order valence-corrected chi connectivity index (χ3v) is 3.49. The predicted octanol–water partition coefficient (Wildman–Crippen LogP) is 4.42. The highest BCUT2D eigenvalue weighted by Crippen LogP contribution is 2.26. The first kappa shape index (κ1) is 15.8. The molecule has 0 aliphatic carbocycles. The number of ether oxygens (including phenoxy) is 1. The van der Waals surface area contributed by atoms with E-state index in [1.54, 1.807) is 12.1 Å². The Bertz CT molecular complexity index is 682. The van der Waals surface area contributed by atoms with Crippen molar-refractivity contribution in [3.8, 4) is 11.5 Å². The van der Waals surface area contributed by atoms with E-state index in [0.29, 0.717) is 17.2 Å². The summed E-state index contributed by atoms with van der Waals surface area (Å²) >= 11 is 0. The molecule has 2 aromatic rings. The van der Waals surface area contributed by atoms with E-state index < -0.39 is 0 Å². The molecule has 0 aliphatic rings. The average Bonchev–Trinajstić information content (AvgIpc) is 2.53. The van der Waals surface area contributed by atoms with Gasteiger partial charge in [-0.1, -0.05) is 44.2 Å². The maximum atomic E-state index is 12.1. The Balaban J connectivity index is 2.14. The fraction of sp³-hybridized carbons (Fsp3) is 0.211. The number of rotatable bonds is 5. The van der Waals surface area contributed by atoms with Crippen LogP contribution in [-0.4, -0.2) is 18.0 Å². The number of carbonyl (C=O) groups excluding carboxylic acids is 1. The molecule has 0 bridgehead atoms. The number of phenolic OH excluding ortho intramolecular Hbond substituents is 1. The lowest BCUT2D eigenvalue weighted by Crippen LogP contribution is -1.95. The van der Waals surface area contributed by atoms with Gasteiger partial charge in [-0.2, -0.15) is 0 Å². The Labute approximate surface area is 130 Å². The molecule has 1 N–H and O–H groups in total. The molecule has 0 heterocycles. The van der Waals surface area contributed by atoms with Crippen LogP contribution in [0.2, 0.25) is 0 Å². The minimum absolute atomic E-state index is 0.0207. The van der Waals surface area contributed by atoms with Gasteiger partial charge in [0.2, 0.25) is 0 Å². The molecule has 0 fully saturated rings. The van der Waals surface area contributed by atoms with Crippen LogP contribution in [0.5, 0.6) is 11.5 Å². The molecule has 0 unspecified atom stereocenters. The molecular weight excluding hydrogens is 276 g/mol. The summed E-state index contributed by atoms with van der Waals surface area (Å²) < 4.78 is 5.01. The Hall–Kier alpha value is -2.55. The highest BCUT2D eigenvalue weighted by Gasteiger charge is 2.07. The van der Waals surface area contributed by atoms with Crippen molar-refractivity contribution in [1.82, 2.24) is 0 Å². The molecule has 2 aromatic carbocycles. The summed E-state index contributed by atoms with van der Waals surface area (Å²) in [5, 5.41) is 9.54. The van der Waals surface area contributed by atoms with Gasteiger partial charge in [-0.05, 0) is 41.3 Å². The molecule has 0 saturated heterocycles. The normalized spacial score (nSPS) is 11.1. The fourth-order valence-electron chi connectivity index (χ4n) is 2.09. The van der Waals surface area contributed by atoms with Crippen LogP contribution >= 0.6 is 0 Å². The monoisotopic (exact) mass is 296 g/mol.